The number of sulfonamides is 1. The molecule has 1 aromatic carbocycles. The maximum atomic E-state index is 13.1. The zero-order valence-electron chi connectivity index (χ0n) is 19.1. The second-order valence-electron chi connectivity index (χ2n) is 8.64. The Kier molecular flexibility index (Phi) is 7.42. The summed E-state index contributed by atoms with van der Waals surface area (Å²) in [5.41, 5.74) is 2.75. The van der Waals surface area contributed by atoms with E-state index in [0.29, 0.717) is 19.4 Å². The van der Waals surface area contributed by atoms with Gasteiger partial charge >= 0.3 is 0 Å². The summed E-state index contributed by atoms with van der Waals surface area (Å²) in [6.07, 6.45) is 1.30. The predicted molar refractivity (Wildman–Crippen MR) is 127 cm³/mol. The van der Waals surface area contributed by atoms with Crippen molar-refractivity contribution >= 4 is 38.9 Å². The van der Waals surface area contributed by atoms with Gasteiger partial charge in [0.1, 0.15) is 6.04 Å². The van der Waals surface area contributed by atoms with Gasteiger partial charge in [0.2, 0.25) is 21.8 Å². The number of amides is 2. The SMILES string of the molecule is CC(=O)N1c2ccc(S(=O)(=O)N[C@H](C(=O)NCCc3sccc3C)C(C)C)cc2C[C@@H]1C. The number of carbonyl (C=O) groups is 2. The molecule has 2 aromatic rings. The third kappa shape index (κ3) is 5.22. The van der Waals surface area contributed by atoms with Gasteiger partial charge in [-0.1, -0.05) is 13.8 Å². The molecule has 2 amide bonds. The van der Waals surface area contributed by atoms with Crippen molar-refractivity contribution < 1.29 is 18.0 Å². The van der Waals surface area contributed by atoms with Crippen molar-refractivity contribution in [3.8, 4) is 0 Å². The van der Waals surface area contributed by atoms with Crippen molar-refractivity contribution in [3.05, 3.63) is 45.6 Å². The van der Waals surface area contributed by atoms with Crippen LogP contribution in [-0.2, 0) is 32.5 Å². The first-order chi connectivity index (χ1) is 15.0. The van der Waals surface area contributed by atoms with Crippen molar-refractivity contribution in [3.63, 3.8) is 0 Å². The smallest absolute Gasteiger partial charge is 0.241 e. The van der Waals surface area contributed by atoms with Crippen molar-refractivity contribution in [2.45, 2.75) is 64.4 Å². The van der Waals surface area contributed by atoms with Gasteiger partial charge in [-0.25, -0.2) is 8.42 Å². The maximum absolute atomic E-state index is 13.1. The molecule has 0 fully saturated rings. The molecular weight excluding hydrogens is 446 g/mol. The molecule has 7 nitrogen and oxygen atoms in total. The molecular formula is C23H31N3O4S2. The highest BCUT2D eigenvalue weighted by molar-refractivity contribution is 7.89. The van der Waals surface area contributed by atoms with E-state index in [1.807, 2.05) is 39.1 Å². The molecule has 2 heterocycles. The van der Waals surface area contributed by atoms with E-state index in [1.54, 1.807) is 28.4 Å². The molecule has 0 spiro atoms. The molecule has 0 unspecified atom stereocenters. The molecule has 0 radical (unpaired) electrons. The zero-order valence-corrected chi connectivity index (χ0v) is 20.8. The van der Waals surface area contributed by atoms with Gasteiger partial charge in [-0.05, 0) is 73.4 Å². The average molecular weight is 478 g/mol. The fourth-order valence-electron chi connectivity index (χ4n) is 4.05. The Balaban J connectivity index is 1.71. The Bertz CT molecular complexity index is 1110. The summed E-state index contributed by atoms with van der Waals surface area (Å²) in [5, 5.41) is 4.88. The molecule has 9 heteroatoms. The van der Waals surface area contributed by atoms with Gasteiger partial charge in [0, 0.05) is 30.1 Å². The van der Waals surface area contributed by atoms with Crippen LogP contribution in [0.2, 0.25) is 0 Å². The topological polar surface area (TPSA) is 95.6 Å². The summed E-state index contributed by atoms with van der Waals surface area (Å²) in [7, 11) is -3.91. The molecule has 1 aliphatic rings. The lowest BCUT2D eigenvalue weighted by Gasteiger charge is -2.22. The molecule has 2 atom stereocenters. The molecule has 32 heavy (non-hydrogen) atoms. The lowest BCUT2D eigenvalue weighted by Crippen LogP contribution is -2.49. The summed E-state index contributed by atoms with van der Waals surface area (Å²) in [6.45, 7) is 9.54. The van der Waals surface area contributed by atoms with Crippen molar-refractivity contribution in [2.24, 2.45) is 5.92 Å². The van der Waals surface area contributed by atoms with E-state index in [1.165, 1.54) is 23.4 Å². The lowest BCUT2D eigenvalue weighted by atomic mass is 10.1. The predicted octanol–water partition coefficient (Wildman–Crippen LogP) is 3.02. The molecule has 0 saturated carbocycles. The third-order valence-corrected chi connectivity index (χ3v) is 8.29. The molecule has 1 aromatic heterocycles. The number of thiophene rings is 1. The number of hydrogen-bond acceptors (Lipinski definition) is 5. The van der Waals surface area contributed by atoms with Crippen LogP contribution in [0, 0.1) is 12.8 Å². The second-order valence-corrected chi connectivity index (χ2v) is 11.4. The Morgan fingerprint density at radius 1 is 1.25 bits per heavy atom. The standard InChI is InChI=1S/C23H31N3O4S2/c1-14(2)22(23(28)24-10-8-21-15(3)9-11-31-21)25-32(29,30)19-6-7-20-18(13-19)12-16(4)26(20)17(5)27/h6-7,9,11,13-14,16,22,25H,8,10,12H2,1-5H3,(H,24,28)/t16-,22-/m0/s1. The van der Waals surface area contributed by atoms with Crippen molar-refractivity contribution in [1.82, 2.24) is 10.0 Å². The summed E-state index contributed by atoms with van der Waals surface area (Å²) in [4.78, 5) is 27.7. The van der Waals surface area contributed by atoms with Gasteiger partial charge < -0.3 is 10.2 Å². The fourth-order valence-corrected chi connectivity index (χ4v) is 6.36. The summed E-state index contributed by atoms with van der Waals surface area (Å²) >= 11 is 1.65. The maximum Gasteiger partial charge on any atom is 0.241 e. The van der Waals surface area contributed by atoms with Crippen LogP contribution in [0.3, 0.4) is 0 Å². The van der Waals surface area contributed by atoms with E-state index >= 15 is 0 Å². The van der Waals surface area contributed by atoms with E-state index < -0.39 is 16.1 Å². The highest BCUT2D eigenvalue weighted by atomic mass is 32.2. The molecule has 1 aliphatic heterocycles. The number of anilines is 1. The van der Waals surface area contributed by atoms with Crippen LogP contribution >= 0.6 is 11.3 Å². The molecule has 174 valence electrons. The first kappa shape index (κ1) is 24.4. The van der Waals surface area contributed by atoms with Crippen molar-refractivity contribution in [1.29, 1.82) is 0 Å². The number of hydrogen-bond donors (Lipinski definition) is 2. The first-order valence-electron chi connectivity index (χ1n) is 10.8. The van der Waals surface area contributed by atoms with E-state index in [0.717, 1.165) is 11.3 Å². The van der Waals surface area contributed by atoms with Gasteiger partial charge in [-0.3, -0.25) is 9.59 Å². The molecule has 0 bridgehead atoms. The Morgan fingerprint density at radius 3 is 2.56 bits per heavy atom. The van der Waals surface area contributed by atoms with Crippen molar-refractivity contribution in [2.75, 3.05) is 11.4 Å². The minimum absolute atomic E-state index is 0.0189. The number of carbonyl (C=O) groups excluding carboxylic acids is 2. The molecule has 0 aliphatic carbocycles. The number of nitrogens with one attached hydrogen (secondary N) is 2. The molecule has 2 N–H and O–H groups in total. The highest BCUT2D eigenvalue weighted by Gasteiger charge is 2.32. The molecule has 0 saturated heterocycles. The largest absolute Gasteiger partial charge is 0.354 e. The number of rotatable bonds is 8. The number of benzene rings is 1. The first-order valence-corrected chi connectivity index (χ1v) is 13.1. The monoisotopic (exact) mass is 477 g/mol. The fraction of sp³-hybridized carbons (Fsp3) is 0.478. The Labute approximate surface area is 194 Å². The summed E-state index contributed by atoms with van der Waals surface area (Å²) < 4.78 is 28.7. The van der Waals surface area contributed by atoms with Gasteiger partial charge in [0.05, 0.1) is 4.90 Å². The van der Waals surface area contributed by atoms with Crippen LogP contribution < -0.4 is 14.9 Å². The van der Waals surface area contributed by atoms with Gasteiger partial charge in [-0.2, -0.15) is 4.72 Å². The lowest BCUT2D eigenvalue weighted by molar-refractivity contribution is -0.123. The average Bonchev–Trinajstić information content (AvgIpc) is 3.26. The summed E-state index contributed by atoms with van der Waals surface area (Å²) in [5.74, 6) is -0.634. The highest BCUT2D eigenvalue weighted by Crippen LogP contribution is 2.34. The van der Waals surface area contributed by atoms with E-state index in [9.17, 15) is 18.0 Å². The minimum Gasteiger partial charge on any atom is -0.354 e. The second kappa shape index (κ2) is 9.72. The number of nitrogens with zero attached hydrogens (tertiary/aromatic N) is 1. The van der Waals surface area contributed by atoms with Crippen LogP contribution in [-0.4, -0.2) is 38.9 Å². The van der Waals surface area contributed by atoms with Gasteiger partial charge in [-0.15, -0.1) is 11.3 Å². The third-order valence-electron chi connectivity index (χ3n) is 5.77. The van der Waals surface area contributed by atoms with Crippen LogP contribution in [0.1, 0.15) is 43.7 Å². The van der Waals surface area contributed by atoms with E-state index in [4.69, 9.17) is 0 Å². The van der Waals surface area contributed by atoms with E-state index in [-0.39, 0.29) is 28.7 Å². The normalized spacial score (nSPS) is 16.8. The Hall–Kier alpha value is -2.23. The van der Waals surface area contributed by atoms with Crippen LogP contribution in [0.5, 0.6) is 0 Å². The quantitative estimate of drug-likeness (QED) is 0.611. The van der Waals surface area contributed by atoms with Crippen LogP contribution in [0.15, 0.2) is 34.5 Å². The van der Waals surface area contributed by atoms with Gasteiger partial charge in [0.15, 0.2) is 0 Å². The van der Waals surface area contributed by atoms with E-state index in [2.05, 4.69) is 10.0 Å². The number of aryl methyl sites for hydroxylation is 1. The number of fused-ring (bicyclic) bond motifs is 1. The van der Waals surface area contributed by atoms with Crippen LogP contribution in [0.25, 0.3) is 0 Å². The van der Waals surface area contributed by atoms with Crippen LogP contribution in [0.4, 0.5) is 5.69 Å². The summed E-state index contributed by atoms with van der Waals surface area (Å²) in [6, 6.07) is 5.90. The van der Waals surface area contributed by atoms with Gasteiger partial charge in [0.25, 0.3) is 0 Å². The Morgan fingerprint density at radius 2 is 1.97 bits per heavy atom. The molecule has 3 rings (SSSR count). The minimum atomic E-state index is -3.91. The zero-order chi connectivity index (χ0) is 23.6.